The van der Waals surface area contributed by atoms with Crippen molar-refractivity contribution in [3.8, 4) is 0 Å². The topological polar surface area (TPSA) is 41.1 Å². The summed E-state index contributed by atoms with van der Waals surface area (Å²) >= 11 is 0. The Morgan fingerprint density at radius 1 is 1.24 bits per heavy atom. The second-order valence-corrected chi connectivity index (χ2v) is 5.09. The van der Waals surface area contributed by atoms with E-state index in [1.54, 1.807) is 0 Å². The van der Waals surface area contributed by atoms with Crippen molar-refractivity contribution < 1.29 is 22.4 Å². The predicted octanol–water partition coefficient (Wildman–Crippen LogP) is 3.69. The summed E-state index contributed by atoms with van der Waals surface area (Å²) in [7, 11) is 0. The van der Waals surface area contributed by atoms with Crippen LogP contribution in [0.2, 0.25) is 0 Å². The van der Waals surface area contributed by atoms with E-state index in [-0.39, 0.29) is 12.1 Å². The van der Waals surface area contributed by atoms with E-state index in [2.05, 4.69) is 10.6 Å². The lowest BCUT2D eigenvalue weighted by Crippen LogP contribution is -2.36. The van der Waals surface area contributed by atoms with Crippen LogP contribution in [0.4, 0.5) is 22.4 Å². The van der Waals surface area contributed by atoms with Crippen LogP contribution in [0.25, 0.3) is 0 Å². The van der Waals surface area contributed by atoms with Gasteiger partial charge in [0.2, 0.25) is 0 Å². The van der Waals surface area contributed by atoms with Crippen LogP contribution < -0.4 is 10.6 Å². The van der Waals surface area contributed by atoms with Crippen molar-refractivity contribution in [2.24, 2.45) is 5.92 Å². The monoisotopic (exact) mass is 306 g/mol. The van der Waals surface area contributed by atoms with E-state index in [1.807, 2.05) is 13.8 Å². The number of hydrogen-bond acceptors (Lipinski definition) is 1. The summed E-state index contributed by atoms with van der Waals surface area (Å²) in [5, 5.41) is 4.88. The van der Waals surface area contributed by atoms with Gasteiger partial charge in [0.05, 0.1) is 5.56 Å². The van der Waals surface area contributed by atoms with Crippen molar-refractivity contribution >= 4 is 6.03 Å². The van der Waals surface area contributed by atoms with E-state index in [0.717, 1.165) is 18.6 Å². The maximum Gasteiger partial charge on any atom is 0.416 e. The Kier molecular flexibility index (Phi) is 5.99. The van der Waals surface area contributed by atoms with Crippen LogP contribution in [0.3, 0.4) is 0 Å². The molecule has 0 bridgehead atoms. The fourth-order valence-electron chi connectivity index (χ4n) is 1.68. The van der Waals surface area contributed by atoms with E-state index < -0.39 is 23.6 Å². The lowest BCUT2D eigenvalue weighted by Gasteiger charge is -2.14. The molecule has 2 amide bonds. The lowest BCUT2D eigenvalue weighted by molar-refractivity contribution is -0.138. The van der Waals surface area contributed by atoms with Gasteiger partial charge in [-0.15, -0.1) is 0 Å². The second-order valence-electron chi connectivity index (χ2n) is 5.09. The van der Waals surface area contributed by atoms with Gasteiger partial charge in [0.1, 0.15) is 5.82 Å². The zero-order chi connectivity index (χ0) is 16.0. The van der Waals surface area contributed by atoms with Gasteiger partial charge in [0.15, 0.2) is 0 Å². The smallest absolute Gasteiger partial charge is 0.338 e. The van der Waals surface area contributed by atoms with Crippen LogP contribution in [-0.4, -0.2) is 12.6 Å². The molecule has 1 aromatic carbocycles. The molecule has 1 rings (SSSR count). The van der Waals surface area contributed by atoms with Crippen LogP contribution in [0.15, 0.2) is 18.2 Å². The summed E-state index contributed by atoms with van der Waals surface area (Å²) in [6.07, 6.45) is -3.88. The van der Waals surface area contributed by atoms with E-state index in [4.69, 9.17) is 0 Å². The molecule has 21 heavy (non-hydrogen) atoms. The van der Waals surface area contributed by atoms with Crippen molar-refractivity contribution in [2.75, 3.05) is 6.54 Å². The van der Waals surface area contributed by atoms with E-state index >= 15 is 0 Å². The molecule has 0 aliphatic heterocycles. The molecule has 118 valence electrons. The molecule has 0 aliphatic rings. The molecular formula is C14H18F4N2O. The Labute approximate surface area is 120 Å². The summed E-state index contributed by atoms with van der Waals surface area (Å²) in [5.41, 5.74) is -1.26. The van der Waals surface area contributed by atoms with Gasteiger partial charge in [0.25, 0.3) is 0 Å². The SMILES string of the molecule is CC(C)CCNC(=O)NCc1ccc(F)cc1C(F)(F)F. The highest BCUT2D eigenvalue weighted by Gasteiger charge is 2.33. The molecule has 2 N–H and O–H groups in total. The van der Waals surface area contributed by atoms with Crippen LogP contribution in [0.1, 0.15) is 31.4 Å². The zero-order valence-electron chi connectivity index (χ0n) is 11.9. The highest BCUT2D eigenvalue weighted by molar-refractivity contribution is 5.73. The van der Waals surface area contributed by atoms with Crippen LogP contribution in [0, 0.1) is 11.7 Å². The lowest BCUT2D eigenvalue weighted by atomic mass is 10.1. The molecule has 0 radical (unpaired) electrons. The van der Waals surface area contributed by atoms with Gasteiger partial charge < -0.3 is 10.6 Å². The Balaban J connectivity index is 2.61. The van der Waals surface area contributed by atoms with Gasteiger partial charge in [-0.05, 0) is 30.0 Å². The van der Waals surface area contributed by atoms with Crippen molar-refractivity contribution in [1.29, 1.82) is 0 Å². The summed E-state index contributed by atoms with van der Waals surface area (Å²) < 4.78 is 51.2. The standard InChI is InChI=1S/C14H18F4N2O/c1-9(2)5-6-19-13(21)20-8-10-3-4-11(15)7-12(10)14(16,17)18/h3-4,7,9H,5-6,8H2,1-2H3,(H2,19,20,21). The third kappa shape index (κ3) is 6.01. The number of alkyl halides is 3. The number of urea groups is 1. The number of hydrogen-bond donors (Lipinski definition) is 2. The van der Waals surface area contributed by atoms with Gasteiger partial charge in [-0.3, -0.25) is 0 Å². The molecule has 0 atom stereocenters. The fourth-order valence-corrected chi connectivity index (χ4v) is 1.68. The van der Waals surface area contributed by atoms with Gasteiger partial charge in [-0.2, -0.15) is 13.2 Å². The van der Waals surface area contributed by atoms with Crippen molar-refractivity contribution in [3.63, 3.8) is 0 Å². The first kappa shape index (κ1) is 17.3. The third-order valence-electron chi connectivity index (χ3n) is 2.82. The summed E-state index contributed by atoms with van der Waals surface area (Å²) in [4.78, 5) is 11.4. The van der Waals surface area contributed by atoms with E-state index in [9.17, 15) is 22.4 Å². The first-order valence-corrected chi connectivity index (χ1v) is 6.57. The number of carbonyl (C=O) groups excluding carboxylic acids is 1. The fraction of sp³-hybridized carbons (Fsp3) is 0.500. The number of benzene rings is 1. The number of rotatable bonds is 5. The molecule has 0 aromatic heterocycles. The highest BCUT2D eigenvalue weighted by Crippen LogP contribution is 2.32. The minimum atomic E-state index is -4.66. The first-order valence-electron chi connectivity index (χ1n) is 6.57. The molecule has 0 saturated carbocycles. The molecule has 0 heterocycles. The van der Waals surface area contributed by atoms with Crippen LogP contribution in [0.5, 0.6) is 0 Å². The number of carbonyl (C=O) groups is 1. The summed E-state index contributed by atoms with van der Waals surface area (Å²) in [5.74, 6) is -0.549. The van der Waals surface area contributed by atoms with Gasteiger partial charge in [0, 0.05) is 13.1 Å². The molecule has 3 nitrogen and oxygen atoms in total. The summed E-state index contributed by atoms with van der Waals surface area (Å²) in [6, 6.07) is 1.83. The average Bonchev–Trinajstić information content (AvgIpc) is 2.35. The Morgan fingerprint density at radius 3 is 2.48 bits per heavy atom. The normalized spacial score (nSPS) is 11.6. The zero-order valence-corrected chi connectivity index (χ0v) is 11.9. The summed E-state index contributed by atoms with van der Waals surface area (Å²) in [6.45, 7) is 4.11. The average molecular weight is 306 g/mol. The molecule has 1 aromatic rings. The van der Waals surface area contributed by atoms with Gasteiger partial charge in [-0.25, -0.2) is 9.18 Å². The minimum absolute atomic E-state index is 0.178. The third-order valence-corrected chi connectivity index (χ3v) is 2.82. The predicted molar refractivity (Wildman–Crippen MR) is 71.1 cm³/mol. The molecule has 0 spiro atoms. The van der Waals surface area contributed by atoms with Crippen LogP contribution in [-0.2, 0) is 12.7 Å². The Morgan fingerprint density at radius 2 is 1.90 bits per heavy atom. The minimum Gasteiger partial charge on any atom is -0.338 e. The quantitative estimate of drug-likeness (QED) is 0.800. The molecular weight excluding hydrogens is 288 g/mol. The molecule has 0 unspecified atom stereocenters. The molecule has 7 heteroatoms. The molecule has 0 fully saturated rings. The largest absolute Gasteiger partial charge is 0.416 e. The number of nitrogens with one attached hydrogen (secondary N) is 2. The number of amides is 2. The highest BCUT2D eigenvalue weighted by atomic mass is 19.4. The second kappa shape index (κ2) is 7.28. The Bertz CT molecular complexity index is 486. The molecule has 0 aliphatic carbocycles. The number of halogens is 4. The van der Waals surface area contributed by atoms with Crippen molar-refractivity contribution in [2.45, 2.75) is 33.0 Å². The van der Waals surface area contributed by atoms with Gasteiger partial charge >= 0.3 is 12.2 Å². The van der Waals surface area contributed by atoms with E-state index in [0.29, 0.717) is 18.5 Å². The first-order chi connectivity index (χ1) is 9.70. The maximum atomic E-state index is 12.9. The van der Waals surface area contributed by atoms with Crippen LogP contribution >= 0.6 is 0 Å². The molecule has 0 saturated heterocycles. The maximum absolute atomic E-state index is 12.9. The van der Waals surface area contributed by atoms with Crippen molar-refractivity contribution in [3.05, 3.63) is 35.1 Å². The van der Waals surface area contributed by atoms with Gasteiger partial charge in [-0.1, -0.05) is 19.9 Å². The van der Waals surface area contributed by atoms with Crippen molar-refractivity contribution in [1.82, 2.24) is 10.6 Å². The van der Waals surface area contributed by atoms with E-state index in [1.165, 1.54) is 0 Å². The Hall–Kier alpha value is -1.79.